The first-order valence-electron chi connectivity index (χ1n) is 10.5. The highest BCUT2D eigenvalue weighted by Gasteiger charge is 2.17. The van der Waals surface area contributed by atoms with Crippen molar-refractivity contribution < 1.29 is 0 Å². The number of anilines is 1. The molecule has 3 aromatic heterocycles. The highest BCUT2D eigenvalue weighted by molar-refractivity contribution is 5.84. The fourth-order valence-corrected chi connectivity index (χ4v) is 4.11. The normalized spacial score (nSPS) is 15.5. The average molecular weight is 415 g/mol. The van der Waals surface area contributed by atoms with Gasteiger partial charge in [-0.15, -0.1) is 0 Å². The molecule has 0 aliphatic carbocycles. The summed E-state index contributed by atoms with van der Waals surface area (Å²) in [5, 5.41) is 0. The fourth-order valence-electron chi connectivity index (χ4n) is 4.11. The number of hydrogen-bond acceptors (Lipinski definition) is 7. The van der Waals surface area contributed by atoms with Gasteiger partial charge < -0.3 is 15.2 Å². The Bertz CT molecular complexity index is 1210. The van der Waals surface area contributed by atoms with E-state index in [4.69, 9.17) is 10.7 Å². The van der Waals surface area contributed by atoms with E-state index in [1.807, 2.05) is 23.9 Å². The number of rotatable bonds is 4. The Morgan fingerprint density at radius 3 is 2.45 bits per heavy atom. The molecule has 0 atom stereocenters. The molecule has 1 aliphatic heterocycles. The minimum absolute atomic E-state index is 0.243. The first kappa shape index (κ1) is 19.6. The van der Waals surface area contributed by atoms with E-state index in [1.165, 1.54) is 5.56 Å². The largest absolute Gasteiger partial charge is 0.368 e. The third-order valence-corrected chi connectivity index (χ3v) is 5.96. The fraction of sp³-hybridized carbons (Fsp3) is 0.304. The van der Waals surface area contributed by atoms with Crippen molar-refractivity contribution in [2.24, 2.45) is 7.05 Å². The van der Waals surface area contributed by atoms with Gasteiger partial charge in [-0.2, -0.15) is 4.98 Å². The van der Waals surface area contributed by atoms with Gasteiger partial charge in [0, 0.05) is 63.3 Å². The lowest BCUT2D eigenvalue weighted by molar-refractivity contribution is 0.148. The molecule has 158 valence electrons. The van der Waals surface area contributed by atoms with Crippen LogP contribution in [-0.2, 0) is 13.6 Å². The van der Waals surface area contributed by atoms with Crippen LogP contribution in [0.15, 0.2) is 48.9 Å². The summed E-state index contributed by atoms with van der Waals surface area (Å²) in [5.74, 6) is 1.06. The van der Waals surface area contributed by atoms with E-state index in [0.29, 0.717) is 5.65 Å². The molecule has 5 rings (SSSR count). The third-order valence-electron chi connectivity index (χ3n) is 5.96. The first-order valence-corrected chi connectivity index (χ1v) is 10.5. The zero-order valence-corrected chi connectivity index (χ0v) is 17.9. The molecule has 0 radical (unpaired) electrons. The van der Waals surface area contributed by atoms with E-state index in [-0.39, 0.29) is 5.95 Å². The summed E-state index contributed by atoms with van der Waals surface area (Å²) >= 11 is 0. The Morgan fingerprint density at radius 2 is 1.68 bits per heavy atom. The topological polar surface area (TPSA) is 89.0 Å². The van der Waals surface area contributed by atoms with Gasteiger partial charge in [0.2, 0.25) is 5.95 Å². The van der Waals surface area contributed by atoms with Gasteiger partial charge in [0.15, 0.2) is 5.65 Å². The van der Waals surface area contributed by atoms with Crippen LogP contribution in [0.2, 0.25) is 0 Å². The third kappa shape index (κ3) is 3.87. The molecule has 0 amide bonds. The Hall–Kier alpha value is -3.36. The average Bonchev–Trinajstić information content (AvgIpc) is 3.12. The van der Waals surface area contributed by atoms with Crippen molar-refractivity contribution in [3.8, 4) is 22.5 Å². The monoisotopic (exact) mass is 414 g/mol. The van der Waals surface area contributed by atoms with Gasteiger partial charge in [-0.05, 0) is 24.2 Å². The predicted molar refractivity (Wildman–Crippen MR) is 122 cm³/mol. The summed E-state index contributed by atoms with van der Waals surface area (Å²) < 4.78 is 1.95. The highest BCUT2D eigenvalue weighted by atomic mass is 15.2. The highest BCUT2D eigenvalue weighted by Crippen LogP contribution is 2.32. The van der Waals surface area contributed by atoms with Crippen LogP contribution >= 0.6 is 0 Å². The lowest BCUT2D eigenvalue weighted by atomic mass is 10.00. The molecule has 4 aromatic rings. The van der Waals surface area contributed by atoms with Crippen LogP contribution in [0, 0.1) is 0 Å². The van der Waals surface area contributed by atoms with Gasteiger partial charge in [-0.3, -0.25) is 9.88 Å². The molecule has 1 fully saturated rings. The maximum atomic E-state index is 5.77. The van der Waals surface area contributed by atoms with Crippen LogP contribution in [0.3, 0.4) is 0 Å². The van der Waals surface area contributed by atoms with E-state index in [2.05, 4.69) is 56.1 Å². The van der Waals surface area contributed by atoms with Gasteiger partial charge in [0.1, 0.15) is 11.3 Å². The number of aryl methyl sites for hydroxylation is 1. The second-order valence-corrected chi connectivity index (χ2v) is 8.13. The van der Waals surface area contributed by atoms with Gasteiger partial charge >= 0.3 is 0 Å². The minimum Gasteiger partial charge on any atom is -0.368 e. The van der Waals surface area contributed by atoms with Crippen LogP contribution in [0.4, 0.5) is 5.95 Å². The van der Waals surface area contributed by atoms with Crippen LogP contribution in [0.5, 0.6) is 0 Å². The molecule has 0 spiro atoms. The van der Waals surface area contributed by atoms with Gasteiger partial charge in [-0.1, -0.05) is 24.3 Å². The van der Waals surface area contributed by atoms with Crippen LogP contribution in [0.25, 0.3) is 33.7 Å². The quantitative estimate of drug-likeness (QED) is 0.549. The molecule has 2 N–H and O–H groups in total. The number of imidazole rings is 1. The van der Waals surface area contributed by atoms with E-state index < -0.39 is 0 Å². The van der Waals surface area contributed by atoms with Crippen LogP contribution in [0.1, 0.15) is 5.56 Å². The van der Waals surface area contributed by atoms with Crippen LogP contribution in [-0.4, -0.2) is 67.5 Å². The standard InChI is InChI=1S/C23H26N8/c1-29-9-11-31(12-10-29)15-16-3-5-17(6-4-16)19-13-25-8-7-18(19)21-27-20-14-26-23(24)28-22(20)30(21)2/h3-8,13-14H,9-12,15H2,1-2H3,(H2,24,26,28). The number of aromatic nitrogens is 5. The molecule has 8 heteroatoms. The number of nitrogens with two attached hydrogens (primary N) is 1. The predicted octanol–water partition coefficient (Wildman–Crippen LogP) is 2.42. The molecule has 1 aromatic carbocycles. The molecule has 31 heavy (non-hydrogen) atoms. The summed E-state index contributed by atoms with van der Waals surface area (Å²) in [6.07, 6.45) is 5.35. The number of pyridine rings is 1. The van der Waals surface area contributed by atoms with E-state index in [1.54, 1.807) is 12.4 Å². The Labute approximate surface area is 181 Å². The van der Waals surface area contributed by atoms with Crippen LogP contribution < -0.4 is 5.73 Å². The first-order chi connectivity index (χ1) is 15.1. The van der Waals surface area contributed by atoms with Crippen molar-refractivity contribution in [3.05, 3.63) is 54.5 Å². The smallest absolute Gasteiger partial charge is 0.222 e. The molecule has 4 heterocycles. The number of fused-ring (bicyclic) bond motifs is 1. The second-order valence-electron chi connectivity index (χ2n) is 8.13. The Kier molecular flexibility index (Phi) is 5.09. The second kappa shape index (κ2) is 8.05. The van der Waals surface area contributed by atoms with Crippen molar-refractivity contribution >= 4 is 17.1 Å². The molecule has 0 bridgehead atoms. The molecule has 1 saturated heterocycles. The molecule has 1 aliphatic rings. The number of piperazine rings is 1. The van der Waals surface area contributed by atoms with Gasteiger partial charge in [0.05, 0.1) is 6.20 Å². The minimum atomic E-state index is 0.243. The Balaban J connectivity index is 1.45. The molecular formula is C23H26N8. The number of nitrogens with zero attached hydrogens (tertiary/aromatic N) is 7. The van der Waals surface area contributed by atoms with Crippen molar-refractivity contribution in [2.45, 2.75) is 6.54 Å². The molecular weight excluding hydrogens is 388 g/mol. The SMILES string of the molecule is CN1CCN(Cc2ccc(-c3cnccc3-c3nc4cnc(N)nc4n3C)cc2)CC1. The molecule has 0 unspecified atom stereocenters. The summed E-state index contributed by atoms with van der Waals surface area (Å²) in [6.45, 7) is 5.48. The summed E-state index contributed by atoms with van der Waals surface area (Å²) in [6, 6.07) is 10.8. The van der Waals surface area contributed by atoms with Crippen molar-refractivity contribution in [1.29, 1.82) is 0 Å². The molecule has 0 saturated carbocycles. The van der Waals surface area contributed by atoms with E-state index >= 15 is 0 Å². The lowest BCUT2D eigenvalue weighted by Gasteiger charge is -2.32. The number of benzene rings is 1. The van der Waals surface area contributed by atoms with Crippen molar-refractivity contribution in [1.82, 2.24) is 34.3 Å². The zero-order chi connectivity index (χ0) is 21.4. The summed E-state index contributed by atoms with van der Waals surface area (Å²) in [5.41, 5.74) is 11.7. The van der Waals surface area contributed by atoms with E-state index in [9.17, 15) is 0 Å². The van der Waals surface area contributed by atoms with Gasteiger partial charge in [-0.25, -0.2) is 9.97 Å². The lowest BCUT2D eigenvalue weighted by Crippen LogP contribution is -2.43. The maximum absolute atomic E-state index is 5.77. The summed E-state index contributed by atoms with van der Waals surface area (Å²) in [7, 11) is 4.13. The summed E-state index contributed by atoms with van der Waals surface area (Å²) in [4.78, 5) is 22.4. The molecule has 8 nitrogen and oxygen atoms in total. The number of hydrogen-bond donors (Lipinski definition) is 1. The van der Waals surface area contributed by atoms with E-state index in [0.717, 1.165) is 60.8 Å². The Morgan fingerprint density at radius 1 is 0.903 bits per heavy atom. The maximum Gasteiger partial charge on any atom is 0.222 e. The van der Waals surface area contributed by atoms with Gasteiger partial charge in [0.25, 0.3) is 0 Å². The van der Waals surface area contributed by atoms with Crippen molar-refractivity contribution in [2.75, 3.05) is 39.0 Å². The number of nitrogen functional groups attached to an aromatic ring is 1. The zero-order valence-electron chi connectivity index (χ0n) is 17.9. The van der Waals surface area contributed by atoms with Crippen molar-refractivity contribution in [3.63, 3.8) is 0 Å². The number of likely N-dealkylation sites (N-methyl/N-ethyl adjacent to an activating group) is 1.